The van der Waals surface area contributed by atoms with Crippen molar-refractivity contribution in [2.45, 2.75) is 37.3 Å². The van der Waals surface area contributed by atoms with Gasteiger partial charge in [-0.25, -0.2) is 9.59 Å². The maximum atomic E-state index is 12.8. The Labute approximate surface area is 190 Å². The third-order valence-corrected chi connectivity index (χ3v) is 4.10. The molecule has 4 atom stereocenters. The molecule has 182 valence electrons. The number of carbonyl (C=O) groups is 4. The van der Waals surface area contributed by atoms with Crippen LogP contribution in [0.4, 0.5) is 0 Å². The van der Waals surface area contributed by atoms with Crippen LogP contribution in [0.3, 0.4) is 0 Å². The highest BCUT2D eigenvalue weighted by Gasteiger charge is 2.48. The minimum absolute atomic E-state index is 0.103. The fourth-order valence-electron chi connectivity index (χ4n) is 2.71. The van der Waals surface area contributed by atoms with Gasteiger partial charge in [0, 0.05) is 20.0 Å². The van der Waals surface area contributed by atoms with Crippen molar-refractivity contribution in [1.29, 1.82) is 0 Å². The van der Waals surface area contributed by atoms with Crippen LogP contribution in [0, 0.1) is 0 Å². The summed E-state index contributed by atoms with van der Waals surface area (Å²) in [6, 6.07) is 0. The first-order valence-corrected chi connectivity index (χ1v) is 9.64. The molecule has 1 heterocycles. The molecule has 1 aliphatic rings. The number of hydrogen-bond donors (Lipinski definition) is 0. The number of hydroxylamine groups is 2. The molecule has 0 bridgehead atoms. The van der Waals surface area contributed by atoms with Gasteiger partial charge in [0.15, 0.2) is 12.2 Å². The topological polar surface area (TPSA) is 136 Å². The van der Waals surface area contributed by atoms with Gasteiger partial charge in [-0.2, -0.15) is 0 Å². The summed E-state index contributed by atoms with van der Waals surface area (Å²) in [6.45, 7) is 13.7. The van der Waals surface area contributed by atoms with E-state index in [2.05, 4.69) is 26.3 Å². The molecule has 0 aliphatic carbocycles. The van der Waals surface area contributed by atoms with Crippen molar-refractivity contribution in [3.8, 4) is 0 Å². The number of imide groups is 1. The SMILES string of the molecule is C=COC(C(=O)OCCOC)C(OC=C)C(OC=C)C(OC=C)C(=O)ON1C(=O)CCC1=O. The lowest BCUT2D eigenvalue weighted by molar-refractivity contribution is -0.212. The maximum absolute atomic E-state index is 12.8. The second-order valence-corrected chi connectivity index (χ2v) is 6.13. The maximum Gasteiger partial charge on any atom is 0.377 e. The summed E-state index contributed by atoms with van der Waals surface area (Å²) >= 11 is 0. The second-order valence-electron chi connectivity index (χ2n) is 6.13. The van der Waals surface area contributed by atoms with Crippen LogP contribution in [0.25, 0.3) is 0 Å². The van der Waals surface area contributed by atoms with Gasteiger partial charge in [-0.15, -0.1) is 5.06 Å². The first-order valence-electron chi connectivity index (χ1n) is 9.64. The van der Waals surface area contributed by atoms with E-state index >= 15 is 0 Å². The average molecular weight is 469 g/mol. The van der Waals surface area contributed by atoms with Gasteiger partial charge < -0.3 is 33.3 Å². The Hall–Kier alpha value is -3.80. The van der Waals surface area contributed by atoms with E-state index in [0.29, 0.717) is 5.06 Å². The number of ether oxygens (including phenoxy) is 6. The van der Waals surface area contributed by atoms with Gasteiger partial charge in [0.25, 0.3) is 11.8 Å². The standard InChI is InChI=1S/C21H27NO11/c1-6-28-16(18(30-8-3)20(25)32-13-12-27-5)17(29-7-2)19(31-9-4)21(26)33-22-14(23)10-11-15(22)24/h6-9,16-19H,1-4,10-13H2,5H3. The molecule has 0 aromatic carbocycles. The third-order valence-electron chi connectivity index (χ3n) is 4.10. The molecule has 2 amide bonds. The van der Waals surface area contributed by atoms with E-state index in [0.717, 1.165) is 25.0 Å². The third kappa shape index (κ3) is 7.68. The fraction of sp³-hybridized carbons (Fsp3) is 0.429. The molecule has 0 spiro atoms. The number of nitrogens with zero attached hydrogens (tertiary/aromatic N) is 1. The van der Waals surface area contributed by atoms with Crippen molar-refractivity contribution in [2.75, 3.05) is 20.3 Å². The number of amides is 2. The van der Waals surface area contributed by atoms with Gasteiger partial charge in [0.2, 0.25) is 12.2 Å². The summed E-state index contributed by atoms with van der Waals surface area (Å²) < 4.78 is 31.2. The largest absolute Gasteiger partial charge is 0.490 e. The van der Waals surface area contributed by atoms with E-state index in [-0.39, 0.29) is 26.1 Å². The second kappa shape index (κ2) is 14.3. The van der Waals surface area contributed by atoms with Crippen LogP contribution in [0.5, 0.6) is 0 Å². The summed E-state index contributed by atoms with van der Waals surface area (Å²) in [6.07, 6.45) is -2.61. The Kier molecular flexibility index (Phi) is 11.8. The van der Waals surface area contributed by atoms with Crippen molar-refractivity contribution < 1.29 is 52.4 Å². The molecular formula is C21H27NO11. The molecule has 12 nitrogen and oxygen atoms in total. The highest BCUT2D eigenvalue weighted by molar-refractivity contribution is 6.01. The lowest BCUT2D eigenvalue weighted by Crippen LogP contribution is -2.54. The molecule has 1 rings (SSSR count). The van der Waals surface area contributed by atoms with Gasteiger partial charge in [-0.1, -0.05) is 26.3 Å². The highest BCUT2D eigenvalue weighted by atomic mass is 16.7. The highest BCUT2D eigenvalue weighted by Crippen LogP contribution is 2.22. The van der Waals surface area contributed by atoms with Gasteiger partial charge in [-0.05, 0) is 0 Å². The Morgan fingerprint density at radius 1 is 0.818 bits per heavy atom. The van der Waals surface area contributed by atoms with Crippen molar-refractivity contribution in [3.05, 3.63) is 51.4 Å². The van der Waals surface area contributed by atoms with E-state index in [1.807, 2.05) is 0 Å². The van der Waals surface area contributed by atoms with Crippen LogP contribution in [0.1, 0.15) is 12.8 Å². The summed E-state index contributed by atoms with van der Waals surface area (Å²) in [5.41, 5.74) is 0. The smallest absolute Gasteiger partial charge is 0.377 e. The average Bonchev–Trinajstić information content (AvgIpc) is 3.10. The zero-order valence-electron chi connectivity index (χ0n) is 18.2. The Bertz CT molecular complexity index is 734. The van der Waals surface area contributed by atoms with Crippen LogP contribution < -0.4 is 0 Å². The lowest BCUT2D eigenvalue weighted by Gasteiger charge is -2.33. The molecule has 0 aromatic rings. The number of rotatable bonds is 17. The fourth-order valence-corrected chi connectivity index (χ4v) is 2.71. The number of esters is 1. The van der Waals surface area contributed by atoms with Crippen molar-refractivity contribution in [3.63, 3.8) is 0 Å². The van der Waals surface area contributed by atoms with Crippen LogP contribution in [0.2, 0.25) is 0 Å². The van der Waals surface area contributed by atoms with Gasteiger partial charge >= 0.3 is 11.9 Å². The molecule has 0 N–H and O–H groups in total. The van der Waals surface area contributed by atoms with E-state index in [1.165, 1.54) is 7.11 Å². The van der Waals surface area contributed by atoms with E-state index < -0.39 is 48.2 Å². The van der Waals surface area contributed by atoms with Gasteiger partial charge in [0.1, 0.15) is 6.61 Å². The van der Waals surface area contributed by atoms with Crippen LogP contribution in [0.15, 0.2) is 51.4 Å². The van der Waals surface area contributed by atoms with Crippen LogP contribution >= 0.6 is 0 Å². The molecule has 0 aromatic heterocycles. The summed E-state index contributed by atoms with van der Waals surface area (Å²) in [7, 11) is 1.42. The monoisotopic (exact) mass is 469 g/mol. The minimum Gasteiger partial charge on any atom is -0.490 e. The number of carbonyl (C=O) groups excluding carboxylic acids is 4. The summed E-state index contributed by atoms with van der Waals surface area (Å²) in [4.78, 5) is 54.0. The number of methoxy groups -OCH3 is 1. The first kappa shape index (κ1) is 27.2. The Morgan fingerprint density at radius 2 is 1.27 bits per heavy atom. The zero-order valence-corrected chi connectivity index (χ0v) is 18.2. The normalized spacial score (nSPS) is 16.5. The molecular weight excluding hydrogens is 442 g/mol. The van der Waals surface area contributed by atoms with Gasteiger partial charge in [0.05, 0.1) is 31.7 Å². The molecule has 33 heavy (non-hydrogen) atoms. The quantitative estimate of drug-likeness (QED) is 0.130. The van der Waals surface area contributed by atoms with E-state index in [1.54, 1.807) is 0 Å². The number of hydrogen-bond acceptors (Lipinski definition) is 11. The molecule has 1 saturated heterocycles. The summed E-state index contributed by atoms with van der Waals surface area (Å²) in [5.74, 6) is -3.54. The molecule has 1 fully saturated rings. The Balaban J connectivity index is 3.27. The van der Waals surface area contributed by atoms with Gasteiger partial charge in [-0.3, -0.25) is 9.59 Å². The summed E-state index contributed by atoms with van der Waals surface area (Å²) in [5, 5.41) is 0.326. The molecule has 1 aliphatic heterocycles. The van der Waals surface area contributed by atoms with E-state index in [9.17, 15) is 19.2 Å². The minimum atomic E-state index is -1.70. The predicted molar refractivity (Wildman–Crippen MR) is 110 cm³/mol. The zero-order chi connectivity index (χ0) is 24.8. The van der Waals surface area contributed by atoms with Crippen LogP contribution in [-0.4, -0.2) is 73.6 Å². The molecule has 0 saturated carbocycles. The predicted octanol–water partition coefficient (Wildman–Crippen LogP) is 0.898. The van der Waals surface area contributed by atoms with Crippen LogP contribution in [-0.2, 0) is 52.4 Å². The Morgan fingerprint density at radius 3 is 1.70 bits per heavy atom. The molecule has 4 unspecified atom stereocenters. The van der Waals surface area contributed by atoms with Crippen molar-refractivity contribution in [2.24, 2.45) is 0 Å². The first-order chi connectivity index (χ1) is 15.9. The van der Waals surface area contributed by atoms with Crippen molar-refractivity contribution in [1.82, 2.24) is 5.06 Å². The lowest BCUT2D eigenvalue weighted by atomic mass is 10.0. The van der Waals surface area contributed by atoms with Crippen molar-refractivity contribution >= 4 is 23.8 Å². The molecule has 12 heteroatoms. The van der Waals surface area contributed by atoms with E-state index in [4.69, 9.17) is 33.3 Å². The molecule has 0 radical (unpaired) electrons.